The number of aliphatic hydroxyl groups is 1. The first-order valence-electron chi connectivity index (χ1n) is 10.3. The highest BCUT2D eigenvalue weighted by Gasteiger charge is 2.37. The summed E-state index contributed by atoms with van der Waals surface area (Å²) in [5.41, 5.74) is -1.19. The van der Waals surface area contributed by atoms with Crippen LogP contribution in [-0.2, 0) is 10.9 Å². The summed E-state index contributed by atoms with van der Waals surface area (Å²) in [5, 5.41) is 12.9. The van der Waals surface area contributed by atoms with Gasteiger partial charge in [-0.3, -0.25) is 0 Å². The fourth-order valence-electron chi connectivity index (χ4n) is 3.91. The van der Waals surface area contributed by atoms with Crippen LogP contribution in [0.25, 0.3) is 11.3 Å². The quantitative estimate of drug-likeness (QED) is 0.682. The van der Waals surface area contributed by atoms with E-state index in [-0.39, 0.29) is 36.5 Å². The Morgan fingerprint density at radius 3 is 2.72 bits per heavy atom. The molecule has 4 rings (SSSR count). The van der Waals surface area contributed by atoms with Crippen molar-refractivity contribution in [2.45, 2.75) is 44.6 Å². The van der Waals surface area contributed by atoms with Crippen molar-refractivity contribution in [2.75, 3.05) is 36.6 Å². The van der Waals surface area contributed by atoms with Gasteiger partial charge >= 0.3 is 6.18 Å². The normalized spacial score (nSPS) is 21.3. The molecule has 0 spiro atoms. The van der Waals surface area contributed by atoms with E-state index in [0.29, 0.717) is 31.5 Å². The first-order chi connectivity index (χ1) is 15.1. The summed E-state index contributed by atoms with van der Waals surface area (Å²) in [6, 6.07) is 1.97. The SMILES string of the molecule is CC(C)N1CCOc2c(F)cc(-c3nc(N[C@@H]4CCOC[C@H]4O)ncc3C(F)(F)F)cc21. The third-order valence-electron chi connectivity index (χ3n) is 5.54. The number of fused-ring (bicyclic) bond motifs is 1. The van der Waals surface area contributed by atoms with E-state index in [4.69, 9.17) is 9.47 Å². The van der Waals surface area contributed by atoms with Crippen LogP contribution in [0.1, 0.15) is 25.8 Å². The summed E-state index contributed by atoms with van der Waals surface area (Å²) in [4.78, 5) is 9.74. The molecular formula is C21H24F4N4O3. The second kappa shape index (κ2) is 8.70. The molecule has 32 heavy (non-hydrogen) atoms. The molecule has 1 fully saturated rings. The molecular weight excluding hydrogens is 432 g/mol. The molecule has 2 atom stereocenters. The number of benzene rings is 1. The first-order valence-corrected chi connectivity index (χ1v) is 10.3. The third-order valence-corrected chi connectivity index (χ3v) is 5.54. The Kier molecular flexibility index (Phi) is 6.13. The summed E-state index contributed by atoms with van der Waals surface area (Å²) in [5.74, 6) is -0.835. The van der Waals surface area contributed by atoms with Gasteiger partial charge in [0, 0.05) is 24.4 Å². The van der Waals surface area contributed by atoms with E-state index in [0.717, 1.165) is 6.07 Å². The van der Waals surface area contributed by atoms with Gasteiger partial charge in [0.15, 0.2) is 11.6 Å². The van der Waals surface area contributed by atoms with Crippen LogP contribution in [0.5, 0.6) is 5.75 Å². The predicted molar refractivity (Wildman–Crippen MR) is 109 cm³/mol. The van der Waals surface area contributed by atoms with Gasteiger partial charge in [-0.15, -0.1) is 0 Å². The highest BCUT2D eigenvalue weighted by Crippen LogP contribution is 2.42. The molecule has 0 unspecified atom stereocenters. The molecule has 0 aliphatic carbocycles. The minimum absolute atomic E-state index is 0.00739. The Bertz CT molecular complexity index is 986. The third kappa shape index (κ3) is 4.44. The molecule has 7 nitrogen and oxygen atoms in total. The molecule has 0 bridgehead atoms. The van der Waals surface area contributed by atoms with Gasteiger partial charge in [0.25, 0.3) is 0 Å². The fourth-order valence-corrected chi connectivity index (χ4v) is 3.91. The largest absolute Gasteiger partial charge is 0.486 e. The number of ether oxygens (including phenoxy) is 2. The summed E-state index contributed by atoms with van der Waals surface area (Å²) in [7, 11) is 0. The zero-order valence-corrected chi connectivity index (χ0v) is 17.6. The van der Waals surface area contributed by atoms with E-state index >= 15 is 0 Å². The number of nitrogens with zero attached hydrogens (tertiary/aromatic N) is 3. The highest BCUT2D eigenvalue weighted by molar-refractivity contribution is 5.74. The van der Waals surface area contributed by atoms with Crippen LogP contribution in [0.4, 0.5) is 29.2 Å². The lowest BCUT2D eigenvalue weighted by Gasteiger charge is -2.35. The number of rotatable bonds is 4. The van der Waals surface area contributed by atoms with Crippen molar-refractivity contribution in [3.63, 3.8) is 0 Å². The smallest absolute Gasteiger partial charge is 0.419 e. The Hall–Kier alpha value is -2.66. The van der Waals surface area contributed by atoms with Crippen molar-refractivity contribution in [1.29, 1.82) is 0 Å². The molecule has 0 amide bonds. The van der Waals surface area contributed by atoms with Crippen LogP contribution in [-0.4, -0.2) is 59.6 Å². The molecule has 0 radical (unpaired) electrons. The molecule has 0 saturated carbocycles. The van der Waals surface area contributed by atoms with E-state index in [1.165, 1.54) is 6.07 Å². The number of anilines is 2. The van der Waals surface area contributed by atoms with Gasteiger partial charge in [-0.25, -0.2) is 14.4 Å². The summed E-state index contributed by atoms with van der Waals surface area (Å²) >= 11 is 0. The van der Waals surface area contributed by atoms with Gasteiger partial charge in [0.1, 0.15) is 12.2 Å². The summed E-state index contributed by atoms with van der Waals surface area (Å²) < 4.78 is 66.7. The Morgan fingerprint density at radius 1 is 1.25 bits per heavy atom. The monoisotopic (exact) mass is 456 g/mol. The second-order valence-electron chi connectivity index (χ2n) is 8.08. The lowest BCUT2D eigenvalue weighted by molar-refractivity contribution is -0.137. The van der Waals surface area contributed by atoms with Crippen LogP contribution >= 0.6 is 0 Å². The number of halogens is 4. The molecule has 174 valence electrons. The standard InChI is InChI=1S/C21H24F4N4O3/c1-11(2)29-4-6-32-19-14(22)7-12(8-16(19)29)18-13(21(23,24)25)9-26-20(28-18)27-15-3-5-31-10-17(15)30/h7-9,11,15,17,30H,3-6,10H2,1-2H3,(H,26,27,28)/t15-,17-/m1/s1. The van der Waals surface area contributed by atoms with Crippen molar-refractivity contribution >= 4 is 11.6 Å². The van der Waals surface area contributed by atoms with Crippen molar-refractivity contribution in [1.82, 2.24) is 9.97 Å². The molecule has 11 heteroatoms. The highest BCUT2D eigenvalue weighted by atomic mass is 19.4. The van der Waals surface area contributed by atoms with Crippen LogP contribution in [0.2, 0.25) is 0 Å². The number of alkyl halides is 3. The first kappa shape index (κ1) is 22.5. The van der Waals surface area contributed by atoms with Crippen LogP contribution in [0.15, 0.2) is 18.3 Å². The van der Waals surface area contributed by atoms with E-state index in [9.17, 15) is 22.7 Å². The number of hydrogen-bond donors (Lipinski definition) is 2. The maximum absolute atomic E-state index is 14.9. The lowest BCUT2D eigenvalue weighted by Crippen LogP contribution is -2.42. The van der Waals surface area contributed by atoms with Gasteiger partial charge in [0.05, 0.1) is 36.7 Å². The molecule has 2 aliphatic rings. The van der Waals surface area contributed by atoms with Gasteiger partial charge in [-0.2, -0.15) is 13.2 Å². The number of hydrogen-bond acceptors (Lipinski definition) is 7. The topological polar surface area (TPSA) is 79.7 Å². The van der Waals surface area contributed by atoms with Gasteiger partial charge in [-0.1, -0.05) is 0 Å². The summed E-state index contributed by atoms with van der Waals surface area (Å²) in [6.07, 6.45) is -4.48. The average molecular weight is 456 g/mol. The zero-order valence-electron chi connectivity index (χ0n) is 17.6. The van der Waals surface area contributed by atoms with Crippen LogP contribution in [0.3, 0.4) is 0 Å². The van der Waals surface area contributed by atoms with Gasteiger partial charge in [-0.05, 0) is 32.4 Å². The Labute approximate surface area is 182 Å². The maximum Gasteiger partial charge on any atom is 0.419 e. The summed E-state index contributed by atoms with van der Waals surface area (Å²) in [6.45, 7) is 5.08. The van der Waals surface area contributed by atoms with E-state index in [1.807, 2.05) is 18.7 Å². The van der Waals surface area contributed by atoms with Crippen LogP contribution < -0.4 is 15.0 Å². The minimum Gasteiger partial charge on any atom is -0.486 e. The Morgan fingerprint density at radius 2 is 2.03 bits per heavy atom. The van der Waals surface area contributed by atoms with E-state index in [2.05, 4.69) is 15.3 Å². The van der Waals surface area contributed by atoms with Crippen LogP contribution in [0, 0.1) is 5.82 Å². The molecule has 1 aromatic carbocycles. The average Bonchev–Trinajstić information content (AvgIpc) is 2.74. The maximum atomic E-state index is 14.9. The zero-order chi connectivity index (χ0) is 23.0. The Balaban J connectivity index is 1.79. The number of aliphatic hydroxyl groups excluding tert-OH is 1. The molecule has 2 N–H and O–H groups in total. The molecule has 2 aliphatic heterocycles. The van der Waals surface area contributed by atoms with E-state index in [1.54, 1.807) is 0 Å². The van der Waals surface area contributed by atoms with E-state index < -0.39 is 35.4 Å². The van der Waals surface area contributed by atoms with Crippen molar-refractivity contribution in [2.24, 2.45) is 0 Å². The molecule has 1 saturated heterocycles. The van der Waals surface area contributed by atoms with Gasteiger partial charge in [0.2, 0.25) is 5.95 Å². The minimum atomic E-state index is -4.74. The molecule has 3 heterocycles. The van der Waals surface area contributed by atoms with Crippen molar-refractivity contribution in [3.05, 3.63) is 29.7 Å². The fraction of sp³-hybridized carbons (Fsp3) is 0.524. The number of aromatic nitrogens is 2. The second-order valence-corrected chi connectivity index (χ2v) is 8.08. The number of nitrogens with one attached hydrogen (secondary N) is 1. The molecule has 1 aromatic heterocycles. The predicted octanol–water partition coefficient (Wildman–Crippen LogP) is 3.47. The van der Waals surface area contributed by atoms with Crippen molar-refractivity contribution < 1.29 is 32.1 Å². The van der Waals surface area contributed by atoms with Crippen molar-refractivity contribution in [3.8, 4) is 17.0 Å². The van der Waals surface area contributed by atoms with Gasteiger partial charge < -0.3 is 24.8 Å². The molecule has 2 aromatic rings. The lowest BCUT2D eigenvalue weighted by atomic mass is 10.0.